The summed E-state index contributed by atoms with van der Waals surface area (Å²) in [4.78, 5) is 12.8. The molecule has 2 N–H and O–H groups in total. The third-order valence-electron chi connectivity index (χ3n) is 6.04. The molecule has 1 aliphatic rings. The molecule has 3 aromatic rings. The molecule has 0 spiro atoms. The molecular formula is C26H33N5O4S. The van der Waals surface area contributed by atoms with E-state index in [1.54, 1.807) is 32.4 Å². The predicted molar refractivity (Wildman–Crippen MR) is 141 cm³/mol. The van der Waals surface area contributed by atoms with Crippen LogP contribution in [0.3, 0.4) is 0 Å². The zero-order valence-electron chi connectivity index (χ0n) is 21.2. The average Bonchev–Trinajstić information content (AvgIpc) is 3.52. The molecule has 192 valence electrons. The van der Waals surface area contributed by atoms with Gasteiger partial charge in [0.15, 0.2) is 11.0 Å². The molecule has 1 atom stereocenters. The van der Waals surface area contributed by atoms with E-state index in [-0.39, 0.29) is 17.8 Å². The van der Waals surface area contributed by atoms with E-state index < -0.39 is 0 Å². The molecule has 4 rings (SSSR count). The Balaban J connectivity index is 1.45. The molecule has 0 aliphatic carbocycles. The summed E-state index contributed by atoms with van der Waals surface area (Å²) in [5.41, 5.74) is 4.03. The van der Waals surface area contributed by atoms with Gasteiger partial charge in [-0.25, -0.2) is 0 Å². The Morgan fingerprint density at radius 2 is 2.00 bits per heavy atom. The van der Waals surface area contributed by atoms with Gasteiger partial charge in [-0.3, -0.25) is 4.79 Å². The van der Waals surface area contributed by atoms with Crippen LogP contribution in [0.4, 0.5) is 11.4 Å². The zero-order chi connectivity index (χ0) is 25.5. The number of carbonyl (C=O) groups is 1. The second-order valence-electron chi connectivity index (χ2n) is 8.72. The Hall–Kier alpha value is -3.24. The molecule has 1 aromatic heterocycles. The van der Waals surface area contributed by atoms with Crippen molar-refractivity contribution < 1.29 is 19.0 Å². The Kier molecular flexibility index (Phi) is 8.71. The maximum Gasteiger partial charge on any atom is 0.234 e. The summed E-state index contributed by atoms with van der Waals surface area (Å²) in [5, 5.41) is 15.9. The minimum Gasteiger partial charge on any atom is -0.497 e. The number of anilines is 2. The number of amides is 1. The van der Waals surface area contributed by atoms with Gasteiger partial charge in [0.05, 0.1) is 44.9 Å². The fraction of sp³-hybridized carbons (Fsp3) is 0.423. The minimum atomic E-state index is -0.173. The predicted octanol–water partition coefficient (Wildman–Crippen LogP) is 4.43. The van der Waals surface area contributed by atoms with Crippen molar-refractivity contribution in [3.63, 3.8) is 0 Å². The molecule has 0 unspecified atom stereocenters. The van der Waals surface area contributed by atoms with Gasteiger partial charge in [-0.1, -0.05) is 29.5 Å². The lowest BCUT2D eigenvalue weighted by molar-refractivity contribution is -0.113. The molecule has 10 heteroatoms. The van der Waals surface area contributed by atoms with Gasteiger partial charge in [0, 0.05) is 18.4 Å². The van der Waals surface area contributed by atoms with Crippen LogP contribution >= 0.6 is 11.8 Å². The fourth-order valence-electron chi connectivity index (χ4n) is 4.15. The Morgan fingerprint density at radius 3 is 2.72 bits per heavy atom. The second kappa shape index (κ2) is 12.1. The average molecular weight is 512 g/mol. The van der Waals surface area contributed by atoms with Crippen LogP contribution in [0.1, 0.15) is 29.8 Å². The van der Waals surface area contributed by atoms with Crippen molar-refractivity contribution in [3.8, 4) is 11.5 Å². The molecule has 0 radical (unpaired) electrons. The van der Waals surface area contributed by atoms with Crippen LogP contribution in [0, 0.1) is 13.8 Å². The van der Waals surface area contributed by atoms with Crippen molar-refractivity contribution in [2.24, 2.45) is 0 Å². The summed E-state index contributed by atoms with van der Waals surface area (Å²) in [6.45, 7) is 6.13. The number of methoxy groups -OCH3 is 2. The van der Waals surface area contributed by atoms with Crippen molar-refractivity contribution in [3.05, 3.63) is 53.3 Å². The number of carbonyl (C=O) groups excluding carboxylic acids is 1. The number of aryl methyl sites for hydroxylation is 2. The summed E-state index contributed by atoms with van der Waals surface area (Å²) < 4.78 is 18.6. The molecule has 0 saturated carbocycles. The Morgan fingerprint density at radius 1 is 1.14 bits per heavy atom. The molecule has 0 bridgehead atoms. The highest BCUT2D eigenvalue weighted by Gasteiger charge is 2.22. The van der Waals surface area contributed by atoms with Crippen molar-refractivity contribution >= 4 is 29.0 Å². The third kappa shape index (κ3) is 6.50. The number of hydrogen-bond acceptors (Lipinski definition) is 8. The van der Waals surface area contributed by atoms with Crippen LogP contribution in [0.5, 0.6) is 11.5 Å². The molecular weight excluding hydrogens is 478 g/mol. The first-order chi connectivity index (χ1) is 17.5. The first-order valence-corrected chi connectivity index (χ1v) is 12.9. The number of benzene rings is 2. The van der Waals surface area contributed by atoms with Gasteiger partial charge in [0.2, 0.25) is 5.91 Å². The lowest BCUT2D eigenvalue weighted by atomic mass is 10.1. The molecule has 1 aliphatic heterocycles. The number of ether oxygens (including phenoxy) is 3. The van der Waals surface area contributed by atoms with E-state index in [1.807, 2.05) is 0 Å². The van der Waals surface area contributed by atoms with Gasteiger partial charge in [-0.2, -0.15) is 0 Å². The van der Waals surface area contributed by atoms with E-state index >= 15 is 0 Å². The van der Waals surface area contributed by atoms with Crippen molar-refractivity contribution in [1.29, 1.82) is 0 Å². The maximum absolute atomic E-state index is 12.8. The molecule has 1 amide bonds. The van der Waals surface area contributed by atoms with Gasteiger partial charge in [0.25, 0.3) is 0 Å². The summed E-state index contributed by atoms with van der Waals surface area (Å²) in [7, 11) is 3.14. The monoisotopic (exact) mass is 511 g/mol. The van der Waals surface area contributed by atoms with E-state index in [0.29, 0.717) is 35.4 Å². The minimum absolute atomic E-state index is 0.120. The van der Waals surface area contributed by atoms with Crippen LogP contribution in [0.25, 0.3) is 0 Å². The Bertz CT molecular complexity index is 1190. The molecule has 9 nitrogen and oxygen atoms in total. The topological polar surface area (TPSA) is 99.5 Å². The molecule has 2 heterocycles. The fourth-order valence-corrected chi connectivity index (χ4v) is 4.91. The summed E-state index contributed by atoms with van der Waals surface area (Å²) in [6, 6.07) is 11.6. The van der Waals surface area contributed by atoms with Crippen molar-refractivity contribution in [2.75, 3.05) is 37.2 Å². The smallest absolute Gasteiger partial charge is 0.234 e. The van der Waals surface area contributed by atoms with E-state index in [4.69, 9.17) is 14.2 Å². The number of rotatable bonds is 11. The summed E-state index contributed by atoms with van der Waals surface area (Å²) >= 11 is 1.35. The van der Waals surface area contributed by atoms with Crippen LogP contribution in [-0.2, 0) is 22.6 Å². The van der Waals surface area contributed by atoms with Crippen molar-refractivity contribution in [2.45, 2.75) is 51.0 Å². The van der Waals surface area contributed by atoms with Crippen LogP contribution in [-0.4, -0.2) is 53.4 Å². The highest BCUT2D eigenvalue weighted by atomic mass is 32.2. The first-order valence-electron chi connectivity index (χ1n) is 12.0. The number of hydrogen-bond donors (Lipinski definition) is 2. The van der Waals surface area contributed by atoms with Crippen LogP contribution in [0.15, 0.2) is 41.6 Å². The van der Waals surface area contributed by atoms with Crippen molar-refractivity contribution in [1.82, 2.24) is 14.8 Å². The van der Waals surface area contributed by atoms with Crippen LogP contribution < -0.4 is 20.1 Å². The SMILES string of the molecule is COc1ccc(OC)c(NC(=O)CSc2nnc(CNc3ccc(C)cc3C)n2C[C@@H]2CCCO2)c1. The lowest BCUT2D eigenvalue weighted by Crippen LogP contribution is -2.20. The lowest BCUT2D eigenvalue weighted by Gasteiger charge is -2.16. The number of aromatic nitrogens is 3. The van der Waals surface area contributed by atoms with Gasteiger partial charge in [-0.15, -0.1) is 10.2 Å². The number of nitrogens with one attached hydrogen (secondary N) is 2. The first kappa shape index (κ1) is 25.8. The van der Waals surface area contributed by atoms with Gasteiger partial charge in [-0.05, 0) is 50.5 Å². The quantitative estimate of drug-likeness (QED) is 0.365. The molecule has 1 fully saturated rings. The standard InChI is InChI=1S/C26H33N5O4S/c1-17-7-9-21(18(2)12-17)27-14-24-29-30-26(31(24)15-20-6-5-11-35-20)36-16-25(32)28-22-13-19(33-3)8-10-23(22)34-4/h7-10,12-13,20,27H,5-6,11,14-16H2,1-4H3,(H,28,32)/t20-/m0/s1. The molecule has 2 aromatic carbocycles. The van der Waals surface area contributed by atoms with Gasteiger partial charge >= 0.3 is 0 Å². The molecule has 1 saturated heterocycles. The van der Waals surface area contributed by atoms with E-state index in [0.717, 1.165) is 31.0 Å². The third-order valence-corrected chi connectivity index (χ3v) is 7.00. The normalized spacial score (nSPS) is 15.1. The number of thioether (sulfide) groups is 1. The summed E-state index contributed by atoms with van der Waals surface area (Å²) in [6.07, 6.45) is 2.17. The van der Waals surface area contributed by atoms with Gasteiger partial charge in [0.1, 0.15) is 11.5 Å². The second-order valence-corrected chi connectivity index (χ2v) is 9.66. The van der Waals surface area contributed by atoms with E-state index in [2.05, 4.69) is 57.4 Å². The number of nitrogens with zero attached hydrogens (tertiary/aromatic N) is 3. The van der Waals surface area contributed by atoms with E-state index in [9.17, 15) is 4.79 Å². The highest BCUT2D eigenvalue weighted by molar-refractivity contribution is 7.99. The largest absolute Gasteiger partial charge is 0.497 e. The van der Waals surface area contributed by atoms with E-state index in [1.165, 1.54) is 22.9 Å². The molecule has 36 heavy (non-hydrogen) atoms. The zero-order valence-corrected chi connectivity index (χ0v) is 22.0. The van der Waals surface area contributed by atoms with Gasteiger partial charge < -0.3 is 29.4 Å². The summed E-state index contributed by atoms with van der Waals surface area (Å²) in [5.74, 6) is 2.01. The maximum atomic E-state index is 12.8. The Labute approximate surface area is 215 Å². The highest BCUT2D eigenvalue weighted by Crippen LogP contribution is 2.29. The van der Waals surface area contributed by atoms with Crippen LogP contribution in [0.2, 0.25) is 0 Å².